The molecule has 20 heavy (non-hydrogen) atoms. The minimum Gasteiger partial charge on any atom is -0.384 e. The van der Waals surface area contributed by atoms with Gasteiger partial charge in [0.15, 0.2) is 0 Å². The zero-order chi connectivity index (χ0) is 15.1. The highest BCUT2D eigenvalue weighted by Crippen LogP contribution is 2.31. The van der Waals surface area contributed by atoms with Gasteiger partial charge in [-0.05, 0) is 46.8 Å². The van der Waals surface area contributed by atoms with E-state index in [0.717, 1.165) is 30.2 Å². The second kappa shape index (κ2) is 4.74. The van der Waals surface area contributed by atoms with Crippen LogP contribution in [-0.2, 0) is 4.74 Å². The molecule has 1 fully saturated rings. The molecule has 1 aliphatic heterocycles. The van der Waals surface area contributed by atoms with E-state index < -0.39 is 0 Å². The zero-order valence-corrected chi connectivity index (χ0v) is 12.9. The summed E-state index contributed by atoms with van der Waals surface area (Å²) in [4.78, 5) is 6.80. The molecule has 1 aliphatic rings. The Labute approximate surface area is 120 Å². The van der Waals surface area contributed by atoms with Crippen molar-refractivity contribution in [2.24, 2.45) is 5.73 Å². The Morgan fingerprint density at radius 3 is 2.30 bits per heavy atom. The van der Waals surface area contributed by atoms with E-state index in [1.807, 2.05) is 19.1 Å². The predicted molar refractivity (Wildman–Crippen MR) is 81.4 cm³/mol. The van der Waals surface area contributed by atoms with Crippen LogP contribution in [-0.4, -0.2) is 35.1 Å². The van der Waals surface area contributed by atoms with Gasteiger partial charge in [0.25, 0.3) is 0 Å². The Balaban J connectivity index is 2.38. The second-order valence-corrected chi connectivity index (χ2v) is 6.75. The third-order valence-electron chi connectivity index (χ3n) is 3.27. The molecule has 1 aromatic heterocycles. The lowest BCUT2D eigenvalue weighted by atomic mass is 9.99. The number of morpholine rings is 1. The molecule has 0 unspecified atom stereocenters. The Hall–Kier alpha value is -1.62. The average molecular weight is 276 g/mol. The number of nitrogen functional groups attached to an aromatic ring is 1. The molecule has 0 radical (unpaired) electrons. The number of hydrogen-bond acceptors (Lipinski definition) is 4. The van der Waals surface area contributed by atoms with Crippen LogP contribution in [0.1, 0.15) is 39.0 Å². The maximum absolute atomic E-state index is 7.61. The third-order valence-corrected chi connectivity index (χ3v) is 3.27. The van der Waals surface area contributed by atoms with Crippen molar-refractivity contribution < 1.29 is 4.74 Å². The molecule has 0 aromatic carbocycles. The van der Waals surface area contributed by atoms with Gasteiger partial charge in [0, 0.05) is 24.3 Å². The summed E-state index contributed by atoms with van der Waals surface area (Å²) < 4.78 is 6.08. The Kier molecular flexibility index (Phi) is 3.50. The normalized spacial score (nSPS) is 20.8. The lowest BCUT2D eigenvalue weighted by Crippen LogP contribution is -2.57. The molecule has 1 saturated heterocycles. The number of rotatable bonds is 2. The van der Waals surface area contributed by atoms with Gasteiger partial charge in [-0.25, -0.2) is 4.98 Å². The minimum absolute atomic E-state index is 0.0727. The summed E-state index contributed by atoms with van der Waals surface area (Å²) in [6.07, 6.45) is 0. The standard InChI is InChI=1S/C15H24N4O/c1-10-6-11(13(16)17)7-12(18-10)19-8-14(2,3)20-15(4,5)9-19/h6-7H,8-9H2,1-5H3,(H3,16,17). The molecule has 0 atom stereocenters. The second-order valence-electron chi connectivity index (χ2n) is 6.75. The van der Waals surface area contributed by atoms with Crippen molar-refractivity contribution in [2.45, 2.75) is 45.8 Å². The molecule has 1 aromatic rings. The van der Waals surface area contributed by atoms with Gasteiger partial charge in [-0.15, -0.1) is 0 Å². The number of nitrogens with zero attached hydrogens (tertiary/aromatic N) is 2. The summed E-state index contributed by atoms with van der Waals surface area (Å²) >= 11 is 0. The van der Waals surface area contributed by atoms with Crippen LogP contribution in [0.4, 0.5) is 5.82 Å². The van der Waals surface area contributed by atoms with Crippen LogP contribution in [0.3, 0.4) is 0 Å². The molecule has 2 rings (SSSR count). The number of ether oxygens (including phenoxy) is 1. The molecule has 5 nitrogen and oxygen atoms in total. The van der Waals surface area contributed by atoms with Crippen LogP contribution >= 0.6 is 0 Å². The van der Waals surface area contributed by atoms with Crippen molar-refractivity contribution in [2.75, 3.05) is 18.0 Å². The highest BCUT2D eigenvalue weighted by molar-refractivity contribution is 5.95. The molecular weight excluding hydrogens is 252 g/mol. The van der Waals surface area contributed by atoms with Gasteiger partial charge in [0.05, 0.1) is 11.2 Å². The first kappa shape index (κ1) is 14.8. The maximum atomic E-state index is 7.61. The van der Waals surface area contributed by atoms with Crippen LogP contribution < -0.4 is 10.6 Å². The Morgan fingerprint density at radius 2 is 1.80 bits per heavy atom. The van der Waals surface area contributed by atoms with Crippen LogP contribution in [0.2, 0.25) is 0 Å². The smallest absolute Gasteiger partial charge is 0.129 e. The molecule has 3 N–H and O–H groups in total. The van der Waals surface area contributed by atoms with E-state index in [2.05, 4.69) is 37.6 Å². The SMILES string of the molecule is Cc1cc(C(=N)N)cc(N2CC(C)(C)OC(C)(C)C2)n1. The molecule has 5 heteroatoms. The van der Waals surface area contributed by atoms with E-state index in [4.69, 9.17) is 15.9 Å². The summed E-state index contributed by atoms with van der Waals surface area (Å²) in [6, 6.07) is 3.72. The van der Waals surface area contributed by atoms with Crippen molar-refractivity contribution in [3.8, 4) is 0 Å². The van der Waals surface area contributed by atoms with E-state index in [1.165, 1.54) is 0 Å². The van der Waals surface area contributed by atoms with Crippen LogP contribution in [0, 0.1) is 12.3 Å². The molecule has 2 heterocycles. The molecular formula is C15H24N4O. The highest BCUT2D eigenvalue weighted by Gasteiger charge is 2.38. The summed E-state index contributed by atoms with van der Waals surface area (Å²) in [5.41, 5.74) is 6.72. The van der Waals surface area contributed by atoms with Gasteiger partial charge in [0.1, 0.15) is 11.7 Å². The summed E-state index contributed by atoms with van der Waals surface area (Å²) in [5.74, 6) is 0.933. The fraction of sp³-hybridized carbons (Fsp3) is 0.600. The third kappa shape index (κ3) is 3.28. The number of pyridine rings is 1. The van der Waals surface area contributed by atoms with Crippen LogP contribution in [0.15, 0.2) is 12.1 Å². The van der Waals surface area contributed by atoms with Crippen LogP contribution in [0.5, 0.6) is 0 Å². The molecule has 0 amide bonds. The van der Waals surface area contributed by atoms with Crippen molar-refractivity contribution in [3.63, 3.8) is 0 Å². The number of anilines is 1. The van der Waals surface area contributed by atoms with Gasteiger partial charge in [-0.3, -0.25) is 5.41 Å². The monoisotopic (exact) mass is 276 g/mol. The first-order valence-electron chi connectivity index (χ1n) is 6.86. The van der Waals surface area contributed by atoms with E-state index in [1.54, 1.807) is 0 Å². The number of hydrogen-bond donors (Lipinski definition) is 2. The summed E-state index contributed by atoms with van der Waals surface area (Å²) in [5, 5.41) is 7.61. The van der Waals surface area contributed by atoms with Crippen molar-refractivity contribution in [1.29, 1.82) is 5.41 Å². The van der Waals surface area contributed by atoms with E-state index >= 15 is 0 Å². The molecule has 0 spiro atoms. The molecule has 0 saturated carbocycles. The lowest BCUT2D eigenvalue weighted by molar-refractivity contribution is -0.133. The Morgan fingerprint density at radius 1 is 1.25 bits per heavy atom. The molecule has 0 bridgehead atoms. The van der Waals surface area contributed by atoms with Crippen molar-refractivity contribution >= 4 is 11.7 Å². The number of nitrogens with two attached hydrogens (primary N) is 1. The minimum atomic E-state index is -0.233. The van der Waals surface area contributed by atoms with Gasteiger partial charge < -0.3 is 15.4 Å². The van der Waals surface area contributed by atoms with E-state index in [0.29, 0.717) is 0 Å². The summed E-state index contributed by atoms with van der Waals surface area (Å²) in [6.45, 7) is 11.8. The molecule has 0 aliphatic carbocycles. The topological polar surface area (TPSA) is 75.2 Å². The Bertz CT molecular complexity index is 521. The first-order valence-corrected chi connectivity index (χ1v) is 6.86. The van der Waals surface area contributed by atoms with Gasteiger partial charge >= 0.3 is 0 Å². The van der Waals surface area contributed by atoms with Gasteiger partial charge in [0.2, 0.25) is 0 Å². The number of aryl methyl sites for hydroxylation is 1. The van der Waals surface area contributed by atoms with Crippen molar-refractivity contribution in [3.05, 3.63) is 23.4 Å². The first-order chi connectivity index (χ1) is 9.08. The van der Waals surface area contributed by atoms with Gasteiger partial charge in [-0.2, -0.15) is 0 Å². The number of amidine groups is 1. The number of aromatic nitrogens is 1. The highest BCUT2D eigenvalue weighted by atomic mass is 16.5. The van der Waals surface area contributed by atoms with E-state index in [-0.39, 0.29) is 17.0 Å². The quantitative estimate of drug-likeness (QED) is 0.640. The van der Waals surface area contributed by atoms with E-state index in [9.17, 15) is 0 Å². The fourth-order valence-electron chi connectivity index (χ4n) is 2.92. The fourth-order valence-corrected chi connectivity index (χ4v) is 2.92. The zero-order valence-electron chi connectivity index (χ0n) is 12.9. The average Bonchev–Trinajstić information content (AvgIpc) is 2.23. The van der Waals surface area contributed by atoms with Crippen molar-refractivity contribution in [1.82, 2.24) is 4.98 Å². The van der Waals surface area contributed by atoms with Gasteiger partial charge in [-0.1, -0.05) is 0 Å². The number of nitrogens with one attached hydrogen (secondary N) is 1. The predicted octanol–water partition coefficient (Wildman–Crippen LogP) is 2.07. The largest absolute Gasteiger partial charge is 0.384 e. The lowest BCUT2D eigenvalue weighted by Gasteiger charge is -2.47. The molecule has 110 valence electrons. The maximum Gasteiger partial charge on any atom is 0.129 e. The van der Waals surface area contributed by atoms with Crippen LogP contribution in [0.25, 0.3) is 0 Å². The summed E-state index contributed by atoms with van der Waals surface area (Å²) in [7, 11) is 0.